The van der Waals surface area contributed by atoms with Crippen LogP contribution in [0.15, 0.2) is 73.1 Å². The van der Waals surface area contributed by atoms with E-state index < -0.39 is 0 Å². The van der Waals surface area contributed by atoms with Crippen molar-refractivity contribution in [2.24, 2.45) is 5.92 Å². The predicted octanol–water partition coefficient (Wildman–Crippen LogP) is 4.67. The van der Waals surface area contributed by atoms with Gasteiger partial charge in [0.25, 0.3) is 0 Å². The lowest BCUT2D eigenvalue weighted by atomic mass is 9.95. The molecule has 8 rings (SSSR count). The molecule has 13 heteroatoms. The van der Waals surface area contributed by atoms with Gasteiger partial charge in [-0.1, -0.05) is 12.1 Å². The molecule has 0 unspecified atom stereocenters. The lowest BCUT2D eigenvalue weighted by molar-refractivity contribution is -0.129. The molecule has 6 heterocycles. The first-order valence-corrected chi connectivity index (χ1v) is 18.8. The minimum absolute atomic E-state index is 0.163. The second-order valence-electron chi connectivity index (χ2n) is 14.4. The molecule has 0 radical (unpaired) electrons. The van der Waals surface area contributed by atoms with E-state index in [2.05, 4.69) is 54.6 Å². The van der Waals surface area contributed by atoms with Crippen molar-refractivity contribution in [1.29, 1.82) is 0 Å². The highest BCUT2D eigenvalue weighted by atomic mass is 16.5. The number of carbonyl (C=O) groups excluding carboxylic acids is 2. The van der Waals surface area contributed by atoms with Crippen LogP contribution in [0.3, 0.4) is 0 Å². The summed E-state index contributed by atoms with van der Waals surface area (Å²) in [6.07, 6.45) is 7.36. The van der Waals surface area contributed by atoms with Crippen molar-refractivity contribution in [2.45, 2.75) is 38.8 Å². The maximum Gasteiger partial charge on any atom is 0.331 e. The van der Waals surface area contributed by atoms with E-state index in [1.54, 1.807) is 18.2 Å². The van der Waals surface area contributed by atoms with Gasteiger partial charge in [0.15, 0.2) is 0 Å². The number of fused-ring (bicyclic) bond motifs is 1. The molecule has 0 atom stereocenters. The quantitative estimate of drug-likeness (QED) is 0.238. The van der Waals surface area contributed by atoms with E-state index in [0.717, 1.165) is 93.8 Å². The number of nitrogens with zero attached hydrogens (tertiary/aromatic N) is 8. The van der Waals surface area contributed by atoms with Crippen LogP contribution in [-0.2, 0) is 24.3 Å². The number of ether oxygens (including phenoxy) is 1. The van der Waals surface area contributed by atoms with Gasteiger partial charge >= 0.3 is 6.03 Å². The van der Waals surface area contributed by atoms with Crippen LogP contribution < -0.4 is 30.1 Å². The number of hydrogen-bond acceptors (Lipinski definition) is 11. The Morgan fingerprint density at radius 2 is 1.58 bits per heavy atom. The highest BCUT2D eigenvalue weighted by Crippen LogP contribution is 2.28. The molecule has 4 aliphatic heterocycles. The van der Waals surface area contributed by atoms with Gasteiger partial charge in [-0.3, -0.25) is 19.5 Å². The number of nitrogens with one attached hydrogen (secondary N) is 2. The summed E-state index contributed by atoms with van der Waals surface area (Å²) in [5, 5.41) is 6.75. The molecule has 3 saturated heterocycles. The number of hydrogen-bond donors (Lipinski definition) is 2. The number of pyridine rings is 1. The third kappa shape index (κ3) is 8.06. The Balaban J connectivity index is 0.776. The fourth-order valence-electron chi connectivity index (χ4n) is 7.80. The van der Waals surface area contributed by atoms with Crippen molar-refractivity contribution in [1.82, 2.24) is 30.1 Å². The van der Waals surface area contributed by atoms with Crippen molar-refractivity contribution in [2.75, 3.05) is 86.0 Å². The first kappa shape index (κ1) is 34.8. The van der Waals surface area contributed by atoms with Gasteiger partial charge < -0.3 is 25.2 Å². The maximum absolute atomic E-state index is 13.4. The summed E-state index contributed by atoms with van der Waals surface area (Å²) in [5.74, 6) is 2.84. The molecule has 3 amide bonds. The molecule has 0 aliphatic carbocycles. The number of urea groups is 1. The van der Waals surface area contributed by atoms with Crippen molar-refractivity contribution < 1.29 is 14.3 Å². The first-order valence-electron chi connectivity index (χ1n) is 18.8. The minimum atomic E-state index is -0.314. The molecule has 4 aliphatic rings. The van der Waals surface area contributed by atoms with Gasteiger partial charge in [0, 0.05) is 82.9 Å². The molecule has 276 valence electrons. The number of piperazine rings is 1. The second-order valence-corrected chi connectivity index (χ2v) is 14.4. The zero-order valence-corrected chi connectivity index (χ0v) is 30.4. The SMILES string of the molecule is COc1ccc(CN2C(=O)CCN(c3ccc(N4CCN(CC5CCN(c6ccc(Nc7ncc8c(n7)CNCC8)cc6)CC5)CC4)nc3)C2=O)cc1. The topological polar surface area (TPSA) is 122 Å². The summed E-state index contributed by atoms with van der Waals surface area (Å²) in [6, 6.07) is 19.7. The van der Waals surface area contributed by atoms with Gasteiger partial charge in [-0.25, -0.2) is 19.7 Å². The van der Waals surface area contributed by atoms with Gasteiger partial charge in [-0.2, -0.15) is 0 Å². The molecule has 13 nitrogen and oxygen atoms in total. The molecule has 3 fully saturated rings. The van der Waals surface area contributed by atoms with Gasteiger partial charge in [0.05, 0.1) is 31.2 Å². The van der Waals surface area contributed by atoms with Gasteiger partial charge in [0.2, 0.25) is 11.9 Å². The van der Waals surface area contributed by atoms with Crippen LogP contribution in [0.2, 0.25) is 0 Å². The van der Waals surface area contributed by atoms with Crippen LogP contribution >= 0.6 is 0 Å². The van der Waals surface area contributed by atoms with Gasteiger partial charge in [0.1, 0.15) is 11.6 Å². The largest absolute Gasteiger partial charge is 0.497 e. The zero-order valence-electron chi connectivity index (χ0n) is 30.4. The Hall–Kier alpha value is -5.27. The highest BCUT2D eigenvalue weighted by Gasteiger charge is 2.33. The summed E-state index contributed by atoms with van der Waals surface area (Å²) < 4.78 is 5.23. The van der Waals surface area contributed by atoms with E-state index in [1.807, 2.05) is 42.6 Å². The number of methoxy groups -OCH3 is 1. The summed E-state index contributed by atoms with van der Waals surface area (Å²) in [7, 11) is 1.61. The van der Waals surface area contributed by atoms with Crippen molar-refractivity contribution in [3.8, 4) is 5.75 Å². The second kappa shape index (κ2) is 15.8. The third-order valence-electron chi connectivity index (χ3n) is 11.0. The molecular weight excluding hydrogens is 669 g/mol. The van der Waals surface area contributed by atoms with Crippen LogP contribution in [0.25, 0.3) is 0 Å². The maximum atomic E-state index is 13.4. The van der Waals surface area contributed by atoms with Crippen LogP contribution in [0.4, 0.5) is 33.6 Å². The molecule has 0 spiro atoms. The van der Waals surface area contributed by atoms with Crippen LogP contribution in [0.5, 0.6) is 5.75 Å². The van der Waals surface area contributed by atoms with Crippen LogP contribution in [-0.4, -0.2) is 103 Å². The van der Waals surface area contributed by atoms with Gasteiger partial charge in [-0.15, -0.1) is 0 Å². The first-order chi connectivity index (χ1) is 26.0. The number of piperidine rings is 1. The molecule has 4 aromatic rings. The van der Waals surface area contributed by atoms with Crippen LogP contribution in [0, 0.1) is 5.92 Å². The summed E-state index contributed by atoms with van der Waals surface area (Å²) >= 11 is 0. The number of carbonyl (C=O) groups is 2. The minimum Gasteiger partial charge on any atom is -0.497 e. The molecular formula is C40H48N10O3. The molecule has 53 heavy (non-hydrogen) atoms. The van der Waals surface area contributed by atoms with E-state index in [-0.39, 0.29) is 24.9 Å². The van der Waals surface area contributed by atoms with E-state index in [0.29, 0.717) is 24.1 Å². The van der Waals surface area contributed by atoms with E-state index >= 15 is 0 Å². The number of rotatable bonds is 10. The average molecular weight is 717 g/mol. The Morgan fingerprint density at radius 3 is 2.32 bits per heavy atom. The molecule has 2 aromatic heterocycles. The Bertz CT molecular complexity index is 1870. The summed E-state index contributed by atoms with van der Waals surface area (Å²) in [6.45, 7) is 9.50. The van der Waals surface area contributed by atoms with E-state index in [4.69, 9.17) is 14.7 Å². The zero-order chi connectivity index (χ0) is 36.1. The number of aromatic nitrogens is 3. The lowest BCUT2D eigenvalue weighted by Gasteiger charge is -2.40. The highest BCUT2D eigenvalue weighted by molar-refractivity contribution is 6.05. The number of imide groups is 1. The monoisotopic (exact) mass is 716 g/mol. The number of anilines is 5. The number of amides is 3. The van der Waals surface area contributed by atoms with Gasteiger partial charge in [-0.05, 0) is 91.4 Å². The molecule has 0 saturated carbocycles. The fourth-order valence-corrected chi connectivity index (χ4v) is 7.80. The predicted molar refractivity (Wildman–Crippen MR) is 206 cm³/mol. The average Bonchev–Trinajstić information content (AvgIpc) is 3.21. The summed E-state index contributed by atoms with van der Waals surface area (Å²) in [5.41, 5.74) is 6.17. The van der Waals surface area contributed by atoms with E-state index in [1.165, 1.54) is 29.0 Å². The Labute approximate surface area is 311 Å². The molecule has 0 bridgehead atoms. The van der Waals surface area contributed by atoms with E-state index in [9.17, 15) is 9.59 Å². The smallest absolute Gasteiger partial charge is 0.331 e. The van der Waals surface area contributed by atoms with Crippen molar-refractivity contribution in [3.05, 3.63) is 89.9 Å². The molecule has 2 N–H and O–H groups in total. The third-order valence-corrected chi connectivity index (χ3v) is 11.0. The van der Waals surface area contributed by atoms with Crippen molar-refractivity contribution >= 4 is 40.8 Å². The normalized spacial score (nSPS) is 18.7. The lowest BCUT2D eigenvalue weighted by Crippen LogP contribution is -2.52. The van der Waals surface area contributed by atoms with Crippen LogP contribution in [0.1, 0.15) is 36.1 Å². The standard InChI is InChI=1S/C40H48N10O3/c1-53-35-9-2-29(3-10-35)28-50-38(51)15-19-49(40(50)52)34-8-11-37(42-25-34)48-22-20-46(21-23-48)27-30-13-17-47(18-14-30)33-6-4-32(5-7-33)44-39-43-24-31-12-16-41-26-36(31)45-39/h2-11,24-25,30,41H,12-23,26-28H2,1H3,(H,43,44,45). The molecule has 2 aromatic carbocycles. The fraction of sp³-hybridized carbons (Fsp3) is 0.425. The van der Waals surface area contributed by atoms with Crippen molar-refractivity contribution in [3.63, 3.8) is 0 Å². The Kier molecular flexibility index (Phi) is 10.4. The number of benzene rings is 2. The summed E-state index contributed by atoms with van der Waals surface area (Å²) in [4.78, 5) is 50.5. The Morgan fingerprint density at radius 1 is 0.811 bits per heavy atom.